The average molecular weight is 367 g/mol. The summed E-state index contributed by atoms with van der Waals surface area (Å²) in [6.45, 7) is 4.07. The molecule has 0 aliphatic carbocycles. The van der Waals surface area contributed by atoms with E-state index in [1.807, 2.05) is 55.5 Å². The van der Waals surface area contributed by atoms with Gasteiger partial charge in [0.25, 0.3) is 0 Å². The predicted molar refractivity (Wildman–Crippen MR) is 107 cm³/mol. The molecule has 0 fully saturated rings. The highest BCUT2D eigenvalue weighted by atomic mass is 35.5. The zero-order valence-electron chi connectivity index (χ0n) is 14.2. The molecule has 0 aliphatic rings. The van der Waals surface area contributed by atoms with Gasteiger partial charge in [-0.1, -0.05) is 71.3 Å². The maximum atomic E-state index is 13.2. The average Bonchev–Trinajstić information content (AvgIpc) is 2.61. The summed E-state index contributed by atoms with van der Waals surface area (Å²) in [6.07, 6.45) is 0. The molecule has 0 amide bonds. The van der Waals surface area contributed by atoms with Crippen LogP contribution in [0.3, 0.4) is 0 Å². The number of rotatable bonds is 5. The van der Waals surface area contributed by atoms with Crippen LogP contribution in [0.2, 0.25) is 5.02 Å². The summed E-state index contributed by atoms with van der Waals surface area (Å²) in [5.41, 5.74) is 3.98. The number of ketones is 1. The highest BCUT2D eigenvalue weighted by molar-refractivity contribution is 8.00. The molecule has 1 nitrogen and oxygen atoms in total. The summed E-state index contributed by atoms with van der Waals surface area (Å²) in [7, 11) is 0. The van der Waals surface area contributed by atoms with Gasteiger partial charge in [-0.25, -0.2) is 0 Å². The third-order valence-corrected chi connectivity index (χ3v) is 5.50. The van der Waals surface area contributed by atoms with E-state index >= 15 is 0 Å². The summed E-state index contributed by atoms with van der Waals surface area (Å²) < 4.78 is 0. The molecule has 0 radical (unpaired) electrons. The standard InChI is InChI=1S/C22H19ClOS/c1-15-6-10-17(11-7-15)21(24)22(18-4-3-5-19(23)14-18)25-20-12-8-16(2)9-13-20/h3-14,22H,1-2H3. The molecule has 25 heavy (non-hydrogen) atoms. The van der Waals surface area contributed by atoms with Crippen LogP contribution < -0.4 is 0 Å². The highest BCUT2D eigenvalue weighted by Gasteiger charge is 2.23. The number of halogens is 1. The number of aryl methyl sites for hydroxylation is 2. The van der Waals surface area contributed by atoms with Gasteiger partial charge in [0.05, 0.1) is 5.25 Å². The normalized spacial score (nSPS) is 12.0. The third-order valence-electron chi connectivity index (χ3n) is 4.00. The molecule has 1 atom stereocenters. The summed E-state index contributed by atoms with van der Waals surface area (Å²) in [5.74, 6) is 0.0906. The van der Waals surface area contributed by atoms with E-state index in [0.29, 0.717) is 5.02 Å². The largest absolute Gasteiger partial charge is 0.293 e. The molecular weight excluding hydrogens is 348 g/mol. The SMILES string of the molecule is Cc1ccc(SC(C(=O)c2ccc(C)cc2)c2cccc(Cl)c2)cc1. The zero-order valence-corrected chi connectivity index (χ0v) is 15.8. The first-order valence-electron chi connectivity index (χ1n) is 8.12. The van der Waals surface area contributed by atoms with Gasteiger partial charge < -0.3 is 0 Å². The molecule has 0 N–H and O–H groups in total. The molecule has 1 unspecified atom stereocenters. The molecule has 0 saturated carbocycles. The lowest BCUT2D eigenvalue weighted by Crippen LogP contribution is -2.10. The van der Waals surface area contributed by atoms with Crippen molar-refractivity contribution >= 4 is 29.1 Å². The van der Waals surface area contributed by atoms with Crippen LogP contribution in [0, 0.1) is 13.8 Å². The fourth-order valence-corrected chi connectivity index (χ4v) is 3.85. The van der Waals surface area contributed by atoms with Crippen LogP contribution in [0.5, 0.6) is 0 Å². The third kappa shape index (κ3) is 4.53. The van der Waals surface area contributed by atoms with Crippen molar-refractivity contribution in [1.29, 1.82) is 0 Å². The first kappa shape index (κ1) is 17.8. The van der Waals surface area contributed by atoms with E-state index in [1.165, 1.54) is 5.56 Å². The van der Waals surface area contributed by atoms with Gasteiger partial charge in [-0.2, -0.15) is 0 Å². The minimum atomic E-state index is -0.330. The number of hydrogen-bond acceptors (Lipinski definition) is 2. The quantitative estimate of drug-likeness (QED) is 0.370. The number of Topliss-reactive ketones (excluding diaryl/α,β-unsaturated/α-hetero) is 1. The van der Waals surface area contributed by atoms with Crippen molar-refractivity contribution in [2.24, 2.45) is 0 Å². The second-order valence-electron chi connectivity index (χ2n) is 6.10. The van der Waals surface area contributed by atoms with E-state index in [9.17, 15) is 4.79 Å². The lowest BCUT2D eigenvalue weighted by atomic mass is 10.0. The molecule has 3 aromatic rings. The molecule has 0 bridgehead atoms. The van der Waals surface area contributed by atoms with Gasteiger partial charge >= 0.3 is 0 Å². The summed E-state index contributed by atoms with van der Waals surface area (Å²) >= 11 is 7.72. The summed E-state index contributed by atoms with van der Waals surface area (Å²) in [4.78, 5) is 14.2. The topological polar surface area (TPSA) is 17.1 Å². The molecule has 3 aromatic carbocycles. The van der Waals surface area contributed by atoms with Crippen LogP contribution in [0.4, 0.5) is 0 Å². The summed E-state index contributed by atoms with van der Waals surface area (Å²) in [6, 6.07) is 23.5. The van der Waals surface area contributed by atoms with Crippen molar-refractivity contribution in [2.75, 3.05) is 0 Å². The van der Waals surface area contributed by atoms with E-state index in [0.717, 1.165) is 21.6 Å². The van der Waals surface area contributed by atoms with Crippen LogP contribution in [-0.4, -0.2) is 5.78 Å². The van der Waals surface area contributed by atoms with E-state index in [1.54, 1.807) is 11.8 Å². The zero-order chi connectivity index (χ0) is 17.8. The van der Waals surface area contributed by atoms with Gasteiger partial charge in [0, 0.05) is 15.5 Å². The van der Waals surface area contributed by atoms with Crippen molar-refractivity contribution < 1.29 is 4.79 Å². The van der Waals surface area contributed by atoms with Crippen LogP contribution in [0.15, 0.2) is 77.7 Å². The van der Waals surface area contributed by atoms with Crippen molar-refractivity contribution in [1.82, 2.24) is 0 Å². The van der Waals surface area contributed by atoms with Crippen LogP contribution in [0.1, 0.15) is 32.3 Å². The first-order chi connectivity index (χ1) is 12.0. The van der Waals surface area contributed by atoms with Crippen LogP contribution in [-0.2, 0) is 0 Å². The fourth-order valence-electron chi connectivity index (χ4n) is 2.56. The van der Waals surface area contributed by atoms with E-state index in [2.05, 4.69) is 31.2 Å². The smallest absolute Gasteiger partial charge is 0.180 e. The molecule has 0 aliphatic heterocycles. The highest BCUT2D eigenvalue weighted by Crippen LogP contribution is 2.38. The Hall–Kier alpha value is -2.03. The minimum Gasteiger partial charge on any atom is -0.293 e. The van der Waals surface area contributed by atoms with Crippen molar-refractivity contribution in [3.05, 3.63) is 100 Å². The molecule has 0 saturated heterocycles. The van der Waals surface area contributed by atoms with Gasteiger partial charge in [0.15, 0.2) is 5.78 Å². The Bertz CT molecular complexity index is 869. The van der Waals surface area contributed by atoms with Gasteiger partial charge in [0.2, 0.25) is 0 Å². The molecule has 126 valence electrons. The van der Waals surface area contributed by atoms with Gasteiger partial charge in [-0.05, 0) is 43.7 Å². The molecule has 0 heterocycles. The Morgan fingerprint density at radius 2 is 1.48 bits per heavy atom. The monoisotopic (exact) mass is 366 g/mol. The number of thioether (sulfide) groups is 1. The number of carbonyl (C=O) groups excluding carboxylic acids is 1. The predicted octanol–water partition coefficient (Wildman–Crippen LogP) is 6.67. The van der Waals surface area contributed by atoms with E-state index < -0.39 is 0 Å². The number of carbonyl (C=O) groups is 1. The lowest BCUT2D eigenvalue weighted by molar-refractivity contribution is 0.0989. The van der Waals surface area contributed by atoms with E-state index in [4.69, 9.17) is 11.6 Å². The maximum Gasteiger partial charge on any atom is 0.180 e. The Morgan fingerprint density at radius 3 is 2.08 bits per heavy atom. The van der Waals surface area contributed by atoms with E-state index in [-0.39, 0.29) is 11.0 Å². The number of hydrogen-bond donors (Lipinski definition) is 0. The van der Waals surface area contributed by atoms with Crippen molar-refractivity contribution in [3.8, 4) is 0 Å². The lowest BCUT2D eigenvalue weighted by Gasteiger charge is -2.17. The Labute approximate surface area is 158 Å². The number of benzene rings is 3. The first-order valence-corrected chi connectivity index (χ1v) is 9.38. The van der Waals surface area contributed by atoms with Crippen LogP contribution in [0.25, 0.3) is 0 Å². The molecular formula is C22H19ClOS. The van der Waals surface area contributed by atoms with Gasteiger partial charge in [-0.3, -0.25) is 4.79 Å². The van der Waals surface area contributed by atoms with Crippen LogP contribution >= 0.6 is 23.4 Å². The Balaban J connectivity index is 1.97. The van der Waals surface area contributed by atoms with Gasteiger partial charge in [-0.15, -0.1) is 11.8 Å². The van der Waals surface area contributed by atoms with Crippen molar-refractivity contribution in [3.63, 3.8) is 0 Å². The molecule has 0 aromatic heterocycles. The maximum absolute atomic E-state index is 13.2. The second-order valence-corrected chi connectivity index (χ2v) is 7.71. The molecule has 3 heteroatoms. The fraction of sp³-hybridized carbons (Fsp3) is 0.136. The molecule has 0 spiro atoms. The van der Waals surface area contributed by atoms with Gasteiger partial charge in [0.1, 0.15) is 0 Å². The summed E-state index contributed by atoms with van der Waals surface area (Å²) in [5, 5.41) is 0.313. The molecule has 3 rings (SSSR count). The second kappa shape index (κ2) is 7.90. The Morgan fingerprint density at radius 1 is 0.880 bits per heavy atom. The minimum absolute atomic E-state index is 0.0906. The Kier molecular flexibility index (Phi) is 5.62. The van der Waals surface area contributed by atoms with Crippen molar-refractivity contribution in [2.45, 2.75) is 24.0 Å².